The molecule has 1 saturated carbocycles. The number of piperidine rings is 1. The quantitative estimate of drug-likeness (QED) is 0.855. The second-order valence-corrected chi connectivity index (χ2v) is 6.20. The van der Waals surface area contributed by atoms with Gasteiger partial charge in [0.1, 0.15) is 11.6 Å². The number of hydrogen-bond donors (Lipinski definition) is 1. The molecule has 1 saturated heterocycles. The third-order valence-corrected chi connectivity index (χ3v) is 4.34. The summed E-state index contributed by atoms with van der Waals surface area (Å²) in [4.78, 5) is 13.8. The van der Waals surface area contributed by atoms with Gasteiger partial charge in [-0.05, 0) is 47.7 Å². The van der Waals surface area contributed by atoms with Crippen LogP contribution in [0, 0.1) is 11.6 Å². The first-order valence-corrected chi connectivity index (χ1v) is 7.57. The van der Waals surface area contributed by atoms with Gasteiger partial charge in [-0.3, -0.25) is 4.79 Å². The zero-order chi connectivity index (χ0) is 14.3. The summed E-state index contributed by atoms with van der Waals surface area (Å²) < 4.78 is 27.4. The monoisotopic (exact) mass is 344 g/mol. The summed E-state index contributed by atoms with van der Waals surface area (Å²) in [5.41, 5.74) is 0.144. The van der Waals surface area contributed by atoms with Crippen LogP contribution in [0.5, 0.6) is 0 Å². The fourth-order valence-electron chi connectivity index (χ4n) is 2.52. The summed E-state index contributed by atoms with van der Waals surface area (Å²) in [5.74, 6) is -1.49. The second kappa shape index (κ2) is 5.41. The van der Waals surface area contributed by atoms with E-state index in [0.29, 0.717) is 12.6 Å². The zero-order valence-electron chi connectivity index (χ0n) is 10.8. The highest BCUT2D eigenvalue weighted by Crippen LogP contribution is 2.30. The third kappa shape index (κ3) is 2.72. The molecule has 2 aliphatic rings. The van der Waals surface area contributed by atoms with Gasteiger partial charge in [-0.25, -0.2) is 8.78 Å². The van der Waals surface area contributed by atoms with E-state index in [1.807, 2.05) is 0 Å². The summed E-state index contributed by atoms with van der Waals surface area (Å²) in [6.07, 6.45) is 3.78. The van der Waals surface area contributed by atoms with Crippen molar-refractivity contribution >= 4 is 27.5 Å². The number of nitrogens with zero attached hydrogens (tertiary/aromatic N) is 1. The number of rotatable bonds is 3. The molecule has 0 spiro atoms. The van der Waals surface area contributed by atoms with E-state index in [9.17, 15) is 13.6 Å². The molecule has 1 aliphatic heterocycles. The number of carbonyl (C=O) groups excluding carboxylic acids is 1. The lowest BCUT2D eigenvalue weighted by Crippen LogP contribution is -2.51. The summed E-state index contributed by atoms with van der Waals surface area (Å²) in [5, 5.41) is 3.29. The number of amides is 1. The molecule has 1 aliphatic carbocycles. The Bertz CT molecular complexity index is 548. The molecular formula is C14H15BrF2N2O. The van der Waals surface area contributed by atoms with Crippen LogP contribution in [0.4, 0.5) is 14.5 Å². The van der Waals surface area contributed by atoms with Crippen LogP contribution in [-0.2, 0) is 4.79 Å². The highest BCUT2D eigenvalue weighted by atomic mass is 79.9. The van der Waals surface area contributed by atoms with E-state index in [2.05, 4.69) is 21.2 Å². The number of halogens is 3. The van der Waals surface area contributed by atoms with Crippen molar-refractivity contribution in [2.24, 2.45) is 0 Å². The van der Waals surface area contributed by atoms with Crippen molar-refractivity contribution in [3.8, 4) is 0 Å². The van der Waals surface area contributed by atoms with Crippen molar-refractivity contribution in [2.75, 3.05) is 11.4 Å². The molecule has 1 aromatic carbocycles. The van der Waals surface area contributed by atoms with E-state index in [4.69, 9.17) is 0 Å². The number of benzene rings is 1. The number of carbonyl (C=O) groups is 1. The molecule has 0 bridgehead atoms. The van der Waals surface area contributed by atoms with Gasteiger partial charge in [0.15, 0.2) is 0 Å². The van der Waals surface area contributed by atoms with Crippen molar-refractivity contribution in [1.82, 2.24) is 5.32 Å². The standard InChI is InChI=1S/C14H15BrF2N2O/c15-9-6-13(11(17)7-10(9)16)19-5-1-2-12(14(19)20)18-8-3-4-8/h6-8,12,18H,1-5H2. The van der Waals surface area contributed by atoms with E-state index >= 15 is 0 Å². The second-order valence-electron chi connectivity index (χ2n) is 5.34. The van der Waals surface area contributed by atoms with Crippen LogP contribution < -0.4 is 10.2 Å². The van der Waals surface area contributed by atoms with E-state index < -0.39 is 11.6 Å². The fourth-order valence-corrected chi connectivity index (χ4v) is 2.85. The van der Waals surface area contributed by atoms with Crippen molar-refractivity contribution in [2.45, 2.75) is 37.8 Å². The van der Waals surface area contributed by atoms with Gasteiger partial charge in [0, 0.05) is 18.7 Å². The van der Waals surface area contributed by atoms with Gasteiger partial charge in [-0.1, -0.05) is 0 Å². The number of hydrogen-bond acceptors (Lipinski definition) is 2. The highest BCUT2D eigenvalue weighted by molar-refractivity contribution is 9.10. The Morgan fingerprint density at radius 3 is 2.65 bits per heavy atom. The molecule has 6 heteroatoms. The number of nitrogens with one attached hydrogen (secondary N) is 1. The summed E-state index contributed by atoms with van der Waals surface area (Å²) >= 11 is 3.04. The van der Waals surface area contributed by atoms with Gasteiger partial charge in [0.2, 0.25) is 5.91 Å². The Labute approximate surface area is 124 Å². The molecule has 1 unspecified atom stereocenters. The smallest absolute Gasteiger partial charge is 0.244 e. The molecule has 1 aromatic rings. The Morgan fingerprint density at radius 2 is 1.95 bits per heavy atom. The van der Waals surface area contributed by atoms with E-state index in [1.165, 1.54) is 11.0 Å². The molecule has 1 atom stereocenters. The molecule has 3 nitrogen and oxygen atoms in total. The van der Waals surface area contributed by atoms with Gasteiger partial charge < -0.3 is 10.2 Å². The minimum Gasteiger partial charge on any atom is -0.308 e. The first-order valence-electron chi connectivity index (χ1n) is 6.78. The molecule has 1 heterocycles. The average molecular weight is 345 g/mol. The predicted molar refractivity (Wildman–Crippen MR) is 75.6 cm³/mol. The van der Waals surface area contributed by atoms with E-state index in [-0.39, 0.29) is 22.1 Å². The molecule has 108 valence electrons. The maximum Gasteiger partial charge on any atom is 0.244 e. The summed E-state index contributed by atoms with van der Waals surface area (Å²) in [6.45, 7) is 0.469. The Balaban J connectivity index is 1.84. The van der Waals surface area contributed by atoms with Gasteiger partial charge in [0.05, 0.1) is 16.2 Å². The van der Waals surface area contributed by atoms with Gasteiger partial charge in [-0.2, -0.15) is 0 Å². The fraction of sp³-hybridized carbons (Fsp3) is 0.500. The summed E-state index contributed by atoms with van der Waals surface area (Å²) in [6, 6.07) is 2.32. The Hall–Kier alpha value is -1.01. The molecule has 1 N–H and O–H groups in total. The van der Waals surface area contributed by atoms with Crippen LogP contribution in [0.3, 0.4) is 0 Å². The Kier molecular flexibility index (Phi) is 3.77. The lowest BCUT2D eigenvalue weighted by atomic mass is 10.0. The molecule has 2 fully saturated rings. The normalized spacial score (nSPS) is 23.2. The van der Waals surface area contributed by atoms with Crippen LogP contribution in [-0.4, -0.2) is 24.5 Å². The average Bonchev–Trinajstić information content (AvgIpc) is 3.21. The van der Waals surface area contributed by atoms with Crippen molar-refractivity contribution in [3.63, 3.8) is 0 Å². The maximum atomic E-state index is 13.9. The molecular weight excluding hydrogens is 330 g/mol. The molecule has 0 aromatic heterocycles. The molecule has 20 heavy (non-hydrogen) atoms. The molecule has 3 rings (SSSR count). The van der Waals surface area contributed by atoms with Gasteiger partial charge in [0.25, 0.3) is 0 Å². The van der Waals surface area contributed by atoms with Crippen LogP contribution in [0.25, 0.3) is 0 Å². The largest absolute Gasteiger partial charge is 0.308 e. The van der Waals surface area contributed by atoms with Crippen molar-refractivity contribution in [1.29, 1.82) is 0 Å². The van der Waals surface area contributed by atoms with E-state index in [0.717, 1.165) is 31.7 Å². The first-order chi connectivity index (χ1) is 9.56. The first kappa shape index (κ1) is 13.9. The number of anilines is 1. The minimum absolute atomic E-state index is 0.124. The van der Waals surface area contributed by atoms with Crippen molar-refractivity contribution in [3.05, 3.63) is 28.2 Å². The van der Waals surface area contributed by atoms with Gasteiger partial charge in [-0.15, -0.1) is 0 Å². The van der Waals surface area contributed by atoms with Gasteiger partial charge >= 0.3 is 0 Å². The van der Waals surface area contributed by atoms with Crippen LogP contribution in [0.15, 0.2) is 16.6 Å². The predicted octanol–water partition coefficient (Wildman–Crippen LogP) is 2.97. The minimum atomic E-state index is -0.703. The lowest BCUT2D eigenvalue weighted by molar-refractivity contribution is -0.121. The highest BCUT2D eigenvalue weighted by Gasteiger charge is 2.35. The zero-order valence-corrected chi connectivity index (χ0v) is 12.4. The topological polar surface area (TPSA) is 32.3 Å². The maximum absolute atomic E-state index is 13.9. The molecule has 1 amide bonds. The van der Waals surface area contributed by atoms with E-state index in [1.54, 1.807) is 0 Å². The molecule has 0 radical (unpaired) electrons. The summed E-state index contributed by atoms with van der Waals surface area (Å²) in [7, 11) is 0. The van der Waals surface area contributed by atoms with Crippen LogP contribution in [0.2, 0.25) is 0 Å². The Morgan fingerprint density at radius 1 is 1.20 bits per heavy atom. The SMILES string of the molecule is O=C1C(NC2CC2)CCCN1c1cc(Br)c(F)cc1F. The van der Waals surface area contributed by atoms with Crippen LogP contribution in [0.1, 0.15) is 25.7 Å². The van der Waals surface area contributed by atoms with Crippen molar-refractivity contribution < 1.29 is 13.6 Å². The lowest BCUT2D eigenvalue weighted by Gasteiger charge is -2.33. The third-order valence-electron chi connectivity index (χ3n) is 3.73. The van der Waals surface area contributed by atoms with Crippen LogP contribution >= 0.6 is 15.9 Å².